The number of hydrogen-bond donors (Lipinski definition) is 0. The number of hydrogen-bond acceptors (Lipinski definition) is 6. The molecular weight excluding hydrogens is 382 g/mol. The van der Waals surface area contributed by atoms with Crippen LogP contribution in [0, 0.1) is 24.0 Å². The van der Waals surface area contributed by atoms with Gasteiger partial charge in [0.25, 0.3) is 0 Å². The van der Waals surface area contributed by atoms with E-state index in [1.807, 2.05) is 31.9 Å². The van der Waals surface area contributed by atoms with Crippen molar-refractivity contribution in [3.8, 4) is 11.5 Å². The summed E-state index contributed by atoms with van der Waals surface area (Å²) in [6.07, 6.45) is 0. The van der Waals surface area contributed by atoms with Crippen molar-refractivity contribution in [1.82, 2.24) is 9.21 Å². The molecule has 9 heteroatoms. The molecule has 1 aliphatic rings. The Morgan fingerprint density at radius 3 is 2.29 bits per heavy atom. The van der Waals surface area contributed by atoms with E-state index < -0.39 is 14.9 Å². The molecule has 28 heavy (non-hydrogen) atoms. The number of likely N-dealkylation sites (N-methyl/N-ethyl adjacent to an activating group) is 1. The van der Waals surface area contributed by atoms with Gasteiger partial charge in [-0.3, -0.25) is 10.1 Å². The van der Waals surface area contributed by atoms with Crippen molar-refractivity contribution in [3.05, 3.63) is 57.6 Å². The van der Waals surface area contributed by atoms with Crippen LogP contribution in [-0.4, -0.2) is 55.8 Å². The van der Waals surface area contributed by atoms with Crippen LogP contribution in [0.15, 0.2) is 41.3 Å². The molecule has 1 aliphatic heterocycles. The average molecular weight is 405 g/mol. The molecule has 0 N–H and O–H groups in total. The van der Waals surface area contributed by atoms with E-state index in [1.165, 1.54) is 16.4 Å². The van der Waals surface area contributed by atoms with Crippen molar-refractivity contribution in [2.24, 2.45) is 0 Å². The average Bonchev–Trinajstić information content (AvgIpc) is 2.65. The number of nitrogens with zero attached hydrogens (tertiary/aromatic N) is 3. The summed E-state index contributed by atoms with van der Waals surface area (Å²) in [6.45, 7) is 5.83. The van der Waals surface area contributed by atoms with E-state index in [1.54, 1.807) is 12.1 Å². The van der Waals surface area contributed by atoms with Gasteiger partial charge in [-0.2, -0.15) is 4.31 Å². The molecule has 1 fully saturated rings. The van der Waals surface area contributed by atoms with Gasteiger partial charge in [-0.25, -0.2) is 8.42 Å². The quantitative estimate of drug-likeness (QED) is 0.561. The van der Waals surface area contributed by atoms with Gasteiger partial charge in [0.05, 0.1) is 9.82 Å². The molecule has 3 rings (SSSR count). The van der Waals surface area contributed by atoms with E-state index in [4.69, 9.17) is 4.74 Å². The van der Waals surface area contributed by atoms with E-state index in [0.717, 1.165) is 17.2 Å². The third-order valence-corrected chi connectivity index (χ3v) is 6.83. The number of benzene rings is 2. The predicted octanol–water partition coefficient (Wildman–Crippen LogP) is 2.94. The van der Waals surface area contributed by atoms with Crippen LogP contribution >= 0.6 is 0 Å². The van der Waals surface area contributed by atoms with Gasteiger partial charge in [-0.05, 0) is 56.3 Å². The van der Waals surface area contributed by atoms with E-state index >= 15 is 0 Å². The van der Waals surface area contributed by atoms with Gasteiger partial charge in [0.2, 0.25) is 15.8 Å². The second kappa shape index (κ2) is 7.86. The molecule has 1 saturated heterocycles. The first-order valence-corrected chi connectivity index (χ1v) is 10.3. The summed E-state index contributed by atoms with van der Waals surface area (Å²) >= 11 is 0. The summed E-state index contributed by atoms with van der Waals surface area (Å²) < 4.78 is 32.8. The fourth-order valence-corrected chi connectivity index (χ4v) is 4.41. The number of rotatable bonds is 5. The number of piperazine rings is 1. The van der Waals surface area contributed by atoms with E-state index in [-0.39, 0.29) is 16.3 Å². The van der Waals surface area contributed by atoms with Crippen LogP contribution in [0.2, 0.25) is 0 Å². The molecule has 0 aromatic heterocycles. The first-order valence-electron chi connectivity index (χ1n) is 8.91. The molecule has 0 radical (unpaired) electrons. The second-order valence-corrected chi connectivity index (χ2v) is 8.88. The van der Waals surface area contributed by atoms with Gasteiger partial charge in [0, 0.05) is 32.2 Å². The number of nitro groups is 1. The molecule has 0 bridgehead atoms. The maximum Gasteiger partial charge on any atom is 0.312 e. The normalized spacial score (nSPS) is 16.1. The van der Waals surface area contributed by atoms with E-state index in [0.29, 0.717) is 31.9 Å². The lowest BCUT2D eigenvalue weighted by Crippen LogP contribution is -2.47. The smallest absolute Gasteiger partial charge is 0.312 e. The molecule has 0 spiro atoms. The molecule has 0 saturated carbocycles. The lowest BCUT2D eigenvalue weighted by Gasteiger charge is -2.31. The zero-order chi connectivity index (χ0) is 20.5. The van der Waals surface area contributed by atoms with Crippen LogP contribution in [0.25, 0.3) is 0 Å². The van der Waals surface area contributed by atoms with E-state index in [9.17, 15) is 18.5 Å². The van der Waals surface area contributed by atoms with Crippen molar-refractivity contribution >= 4 is 15.7 Å². The van der Waals surface area contributed by atoms with Crippen LogP contribution in [0.1, 0.15) is 11.1 Å². The number of nitro benzene ring substituents is 1. The fraction of sp³-hybridized carbons (Fsp3) is 0.368. The van der Waals surface area contributed by atoms with Crippen LogP contribution in [-0.2, 0) is 10.0 Å². The largest absolute Gasteiger partial charge is 0.450 e. The lowest BCUT2D eigenvalue weighted by molar-refractivity contribution is -0.385. The topological polar surface area (TPSA) is 93.0 Å². The molecule has 2 aromatic rings. The van der Waals surface area contributed by atoms with Crippen LogP contribution < -0.4 is 4.74 Å². The molecule has 0 atom stereocenters. The van der Waals surface area contributed by atoms with Crippen molar-refractivity contribution in [1.29, 1.82) is 0 Å². The Morgan fingerprint density at radius 2 is 1.68 bits per heavy atom. The third-order valence-electron chi connectivity index (χ3n) is 4.93. The molecule has 0 amide bonds. The Kier molecular flexibility index (Phi) is 5.69. The zero-order valence-electron chi connectivity index (χ0n) is 16.1. The van der Waals surface area contributed by atoms with Crippen LogP contribution in [0.5, 0.6) is 11.5 Å². The van der Waals surface area contributed by atoms with Gasteiger partial charge in [-0.1, -0.05) is 6.07 Å². The molecule has 1 heterocycles. The molecule has 150 valence electrons. The van der Waals surface area contributed by atoms with Gasteiger partial charge >= 0.3 is 5.69 Å². The van der Waals surface area contributed by atoms with Crippen LogP contribution in [0.4, 0.5) is 5.69 Å². The summed E-state index contributed by atoms with van der Waals surface area (Å²) in [5.74, 6) is 0.464. The van der Waals surface area contributed by atoms with Crippen molar-refractivity contribution in [2.75, 3.05) is 33.2 Å². The minimum atomic E-state index is -3.80. The molecule has 8 nitrogen and oxygen atoms in total. The van der Waals surface area contributed by atoms with Gasteiger partial charge in [-0.15, -0.1) is 0 Å². The van der Waals surface area contributed by atoms with Gasteiger partial charge in [0.1, 0.15) is 5.75 Å². The molecule has 0 unspecified atom stereocenters. The highest BCUT2D eigenvalue weighted by Gasteiger charge is 2.30. The molecule has 2 aromatic carbocycles. The molecular formula is C19H23N3O5S. The van der Waals surface area contributed by atoms with Gasteiger partial charge in [0.15, 0.2) is 0 Å². The Labute approximate surface area is 164 Å². The Bertz CT molecular complexity index is 999. The SMILES string of the molecule is Cc1ccc(Oc2ccc(S(=O)(=O)N3CCN(C)CC3)cc2[N+](=O)[O-])cc1C. The summed E-state index contributed by atoms with van der Waals surface area (Å²) in [5.41, 5.74) is 1.69. The number of aryl methyl sites for hydroxylation is 2. The van der Waals surface area contributed by atoms with Crippen LogP contribution in [0.3, 0.4) is 0 Å². The highest BCUT2D eigenvalue weighted by Crippen LogP contribution is 2.34. The minimum absolute atomic E-state index is 0.00517. The van der Waals surface area contributed by atoms with Crippen molar-refractivity contribution in [2.45, 2.75) is 18.7 Å². The minimum Gasteiger partial charge on any atom is -0.450 e. The first-order chi connectivity index (χ1) is 13.2. The maximum atomic E-state index is 12.9. The summed E-state index contributed by atoms with van der Waals surface area (Å²) in [4.78, 5) is 12.9. The summed E-state index contributed by atoms with van der Waals surface area (Å²) in [7, 11) is -1.87. The van der Waals surface area contributed by atoms with Crippen molar-refractivity contribution in [3.63, 3.8) is 0 Å². The lowest BCUT2D eigenvalue weighted by atomic mass is 10.1. The fourth-order valence-electron chi connectivity index (χ4n) is 2.97. The predicted molar refractivity (Wildman–Crippen MR) is 105 cm³/mol. The van der Waals surface area contributed by atoms with Crippen molar-refractivity contribution < 1.29 is 18.1 Å². The monoisotopic (exact) mass is 405 g/mol. The Morgan fingerprint density at radius 1 is 1.00 bits per heavy atom. The third kappa shape index (κ3) is 4.16. The first kappa shape index (κ1) is 20.2. The molecule has 0 aliphatic carbocycles. The highest BCUT2D eigenvalue weighted by atomic mass is 32.2. The second-order valence-electron chi connectivity index (χ2n) is 6.94. The maximum absolute atomic E-state index is 12.9. The van der Waals surface area contributed by atoms with Gasteiger partial charge < -0.3 is 9.64 Å². The highest BCUT2D eigenvalue weighted by molar-refractivity contribution is 7.89. The number of sulfonamides is 1. The standard InChI is InChI=1S/C19H23N3O5S/c1-14-4-5-16(12-15(14)2)27-19-7-6-17(13-18(19)22(23)24)28(25,26)21-10-8-20(3)9-11-21/h4-7,12-13H,8-11H2,1-3H3. The number of ether oxygens (including phenoxy) is 1. The van der Waals surface area contributed by atoms with E-state index in [2.05, 4.69) is 0 Å². The Balaban J connectivity index is 1.92. The summed E-state index contributed by atoms with van der Waals surface area (Å²) in [6, 6.07) is 9.15. The Hall–Kier alpha value is -2.49. The zero-order valence-corrected chi connectivity index (χ0v) is 16.9. The summed E-state index contributed by atoms with van der Waals surface area (Å²) in [5, 5.41) is 11.5.